The van der Waals surface area contributed by atoms with Gasteiger partial charge in [0.1, 0.15) is 10.4 Å². The number of nitrogen functional groups attached to an aromatic ring is 1. The van der Waals surface area contributed by atoms with Crippen molar-refractivity contribution in [3.8, 4) is 5.82 Å². The maximum absolute atomic E-state index is 9.44. The van der Waals surface area contributed by atoms with Crippen LogP contribution >= 0.6 is 15.9 Å². The van der Waals surface area contributed by atoms with E-state index < -0.39 is 0 Å². The highest BCUT2D eigenvalue weighted by molar-refractivity contribution is 9.10. The van der Waals surface area contributed by atoms with Gasteiger partial charge < -0.3 is 15.4 Å². The lowest BCUT2D eigenvalue weighted by Crippen LogP contribution is -2.01. The zero-order valence-electron chi connectivity index (χ0n) is 11.4. The fraction of sp³-hybridized carbons (Fsp3) is 0.214. The number of anilines is 1. The minimum Gasteiger partial charge on any atom is -0.396 e. The van der Waals surface area contributed by atoms with Gasteiger partial charge in [0.25, 0.3) is 0 Å². The topological polar surface area (TPSA) is 89.8 Å². The molecule has 1 unspecified atom stereocenters. The van der Waals surface area contributed by atoms with Gasteiger partial charge in [0, 0.05) is 36.5 Å². The second kappa shape index (κ2) is 5.42. The maximum Gasteiger partial charge on any atom is 0.221 e. The highest BCUT2D eigenvalue weighted by atomic mass is 79.9. The molecule has 3 N–H and O–H groups in total. The summed E-state index contributed by atoms with van der Waals surface area (Å²) in [5.74, 6) is 0.914. The summed E-state index contributed by atoms with van der Waals surface area (Å²) < 4.78 is 2.67. The Hall–Kier alpha value is -1.99. The lowest BCUT2D eigenvalue weighted by molar-refractivity contribution is 0.273. The zero-order valence-corrected chi connectivity index (χ0v) is 12.9. The molecule has 0 bridgehead atoms. The number of halogens is 1. The smallest absolute Gasteiger partial charge is 0.221 e. The lowest BCUT2D eigenvalue weighted by atomic mass is 10.0. The van der Waals surface area contributed by atoms with Gasteiger partial charge in [-0.3, -0.25) is 0 Å². The molecule has 0 aliphatic heterocycles. The van der Waals surface area contributed by atoms with Gasteiger partial charge in [-0.1, -0.05) is 6.92 Å². The Kier molecular flexibility index (Phi) is 3.60. The average molecular weight is 348 g/mol. The Morgan fingerprint density at radius 2 is 2.24 bits per heavy atom. The van der Waals surface area contributed by atoms with Crippen LogP contribution < -0.4 is 5.73 Å². The fourth-order valence-electron chi connectivity index (χ4n) is 2.30. The Morgan fingerprint density at radius 1 is 1.43 bits per heavy atom. The first kappa shape index (κ1) is 14.0. The summed E-state index contributed by atoms with van der Waals surface area (Å²) in [5.41, 5.74) is 7.63. The molecule has 3 aromatic heterocycles. The molecule has 0 fully saturated rings. The minimum absolute atomic E-state index is 0.0101. The number of hydrogen-bond donors (Lipinski definition) is 2. The molecule has 0 aromatic carbocycles. The molecular formula is C14H14BrN5O. The molecule has 0 amide bonds. The normalized spacial score (nSPS) is 12.7. The van der Waals surface area contributed by atoms with Crippen LogP contribution in [0.1, 0.15) is 18.4 Å². The number of aliphatic hydroxyl groups is 1. The third-order valence-corrected chi connectivity index (χ3v) is 3.83. The summed E-state index contributed by atoms with van der Waals surface area (Å²) in [7, 11) is 0. The van der Waals surface area contributed by atoms with Gasteiger partial charge in [-0.2, -0.15) is 4.98 Å². The number of rotatable bonds is 3. The standard InChI is InChI=1S/C14H14BrN5O/c1-8(7-21)10-6-20(13-2-3-17-14(16)19-13)11-4-12(15)18-5-9(10)11/h2-6,8,21H,7H2,1H3,(H2,16,17,19). The van der Waals surface area contributed by atoms with E-state index in [1.54, 1.807) is 18.5 Å². The van der Waals surface area contributed by atoms with Crippen LogP contribution in [0, 0.1) is 0 Å². The van der Waals surface area contributed by atoms with Gasteiger partial charge in [-0.05, 0) is 33.6 Å². The maximum atomic E-state index is 9.44. The second-order valence-electron chi connectivity index (χ2n) is 4.84. The number of nitrogens with zero attached hydrogens (tertiary/aromatic N) is 4. The van der Waals surface area contributed by atoms with Crippen molar-refractivity contribution >= 4 is 32.8 Å². The minimum atomic E-state index is 0.0101. The van der Waals surface area contributed by atoms with Gasteiger partial charge in [-0.25, -0.2) is 9.97 Å². The molecule has 0 aliphatic carbocycles. The first-order valence-corrected chi connectivity index (χ1v) is 7.25. The summed E-state index contributed by atoms with van der Waals surface area (Å²) >= 11 is 3.39. The molecule has 0 spiro atoms. The van der Waals surface area contributed by atoms with E-state index in [0.29, 0.717) is 5.82 Å². The Bertz CT molecular complexity index is 801. The molecular weight excluding hydrogens is 334 g/mol. The molecule has 0 saturated heterocycles. The Labute approximate surface area is 129 Å². The summed E-state index contributed by atoms with van der Waals surface area (Å²) in [6.45, 7) is 2.04. The molecule has 0 radical (unpaired) electrons. The van der Waals surface area contributed by atoms with E-state index in [-0.39, 0.29) is 18.5 Å². The predicted octanol–water partition coefficient (Wildman–Crippen LogP) is 2.26. The number of fused-ring (bicyclic) bond motifs is 1. The molecule has 0 saturated carbocycles. The lowest BCUT2D eigenvalue weighted by Gasteiger charge is -2.05. The van der Waals surface area contributed by atoms with E-state index in [9.17, 15) is 5.11 Å². The van der Waals surface area contributed by atoms with Crippen molar-refractivity contribution in [2.24, 2.45) is 0 Å². The monoisotopic (exact) mass is 347 g/mol. The molecule has 1 atom stereocenters. The number of aromatic nitrogens is 4. The van der Waals surface area contributed by atoms with Crippen LogP contribution in [0.5, 0.6) is 0 Å². The summed E-state index contributed by atoms with van der Waals surface area (Å²) in [5, 5.41) is 10.4. The predicted molar refractivity (Wildman–Crippen MR) is 84.3 cm³/mol. The molecule has 3 aromatic rings. The quantitative estimate of drug-likeness (QED) is 0.709. The molecule has 108 valence electrons. The fourth-order valence-corrected chi connectivity index (χ4v) is 2.62. The number of aliphatic hydroxyl groups excluding tert-OH is 1. The summed E-state index contributed by atoms with van der Waals surface area (Å²) in [6, 6.07) is 3.71. The SMILES string of the molecule is CC(CO)c1cn(-c2ccnc(N)n2)c2cc(Br)ncc12. The summed E-state index contributed by atoms with van der Waals surface area (Å²) in [4.78, 5) is 12.4. The van der Waals surface area contributed by atoms with Gasteiger partial charge in [0.15, 0.2) is 0 Å². The van der Waals surface area contributed by atoms with E-state index in [0.717, 1.165) is 21.1 Å². The van der Waals surface area contributed by atoms with Crippen molar-refractivity contribution in [3.05, 3.63) is 40.9 Å². The van der Waals surface area contributed by atoms with Gasteiger partial charge >= 0.3 is 0 Å². The van der Waals surface area contributed by atoms with E-state index >= 15 is 0 Å². The molecule has 6 nitrogen and oxygen atoms in total. The van der Waals surface area contributed by atoms with Crippen LogP contribution in [0.15, 0.2) is 35.3 Å². The molecule has 3 heterocycles. The van der Waals surface area contributed by atoms with Crippen molar-refractivity contribution in [1.29, 1.82) is 0 Å². The van der Waals surface area contributed by atoms with Gasteiger partial charge in [0.2, 0.25) is 5.95 Å². The molecule has 7 heteroatoms. The average Bonchev–Trinajstić information content (AvgIpc) is 2.85. The van der Waals surface area contributed by atoms with Crippen LogP contribution in [0.2, 0.25) is 0 Å². The highest BCUT2D eigenvalue weighted by Gasteiger charge is 2.16. The zero-order chi connectivity index (χ0) is 15.0. The van der Waals surface area contributed by atoms with Gasteiger partial charge in [-0.15, -0.1) is 0 Å². The van der Waals surface area contributed by atoms with Crippen LogP contribution in [0.25, 0.3) is 16.7 Å². The summed E-state index contributed by atoms with van der Waals surface area (Å²) in [6.07, 6.45) is 5.37. The van der Waals surface area contributed by atoms with E-state index in [1.165, 1.54) is 0 Å². The van der Waals surface area contributed by atoms with E-state index in [1.807, 2.05) is 23.8 Å². The molecule has 21 heavy (non-hydrogen) atoms. The van der Waals surface area contributed by atoms with Crippen molar-refractivity contribution in [2.75, 3.05) is 12.3 Å². The number of pyridine rings is 1. The Morgan fingerprint density at radius 3 is 2.95 bits per heavy atom. The van der Waals surface area contributed by atoms with Crippen LogP contribution in [-0.4, -0.2) is 31.2 Å². The first-order valence-electron chi connectivity index (χ1n) is 6.46. The van der Waals surface area contributed by atoms with E-state index in [4.69, 9.17) is 5.73 Å². The molecule has 0 aliphatic rings. The van der Waals surface area contributed by atoms with Crippen LogP contribution in [0.3, 0.4) is 0 Å². The first-order chi connectivity index (χ1) is 10.1. The van der Waals surface area contributed by atoms with Gasteiger partial charge in [0.05, 0.1) is 5.52 Å². The largest absolute Gasteiger partial charge is 0.396 e. The molecule has 3 rings (SSSR count). The number of nitrogens with two attached hydrogens (primary N) is 1. The van der Waals surface area contributed by atoms with Crippen molar-refractivity contribution in [1.82, 2.24) is 19.5 Å². The highest BCUT2D eigenvalue weighted by Crippen LogP contribution is 2.30. The number of hydrogen-bond acceptors (Lipinski definition) is 5. The van der Waals surface area contributed by atoms with Crippen molar-refractivity contribution in [2.45, 2.75) is 12.8 Å². The van der Waals surface area contributed by atoms with Crippen LogP contribution in [-0.2, 0) is 0 Å². The Balaban J connectivity index is 2.29. The second-order valence-corrected chi connectivity index (χ2v) is 5.65. The third-order valence-electron chi connectivity index (χ3n) is 3.40. The van der Waals surface area contributed by atoms with Crippen LogP contribution in [0.4, 0.5) is 5.95 Å². The van der Waals surface area contributed by atoms with Crippen molar-refractivity contribution in [3.63, 3.8) is 0 Å². The third kappa shape index (κ3) is 2.50. The van der Waals surface area contributed by atoms with E-state index in [2.05, 4.69) is 30.9 Å². The van der Waals surface area contributed by atoms with Crippen molar-refractivity contribution < 1.29 is 5.11 Å².